The van der Waals surface area contributed by atoms with Crippen molar-refractivity contribution >= 4 is 0 Å². The molecule has 0 atom stereocenters. The van der Waals surface area contributed by atoms with Gasteiger partial charge < -0.3 is 0 Å². The highest BCUT2D eigenvalue weighted by atomic mass is 14.7. The molecule has 0 bridgehead atoms. The van der Waals surface area contributed by atoms with E-state index in [1.807, 2.05) is 6.07 Å². The summed E-state index contributed by atoms with van der Waals surface area (Å²) in [5, 5.41) is 0. The third kappa shape index (κ3) is 1.44. The van der Waals surface area contributed by atoms with Crippen LogP contribution in [0, 0.1) is 6.33 Å². The lowest BCUT2D eigenvalue weighted by Crippen LogP contribution is -2.19. The predicted octanol–water partition coefficient (Wildman–Crippen LogP) is 0.779. The summed E-state index contributed by atoms with van der Waals surface area (Å²) in [5.41, 5.74) is 1.14. The Labute approximate surface area is 61.3 Å². The maximum atomic E-state index is 4.01. The average Bonchev–Trinajstić information content (AvgIpc) is 1.88. The van der Waals surface area contributed by atoms with Crippen LogP contribution in [-0.2, 0) is 5.41 Å². The summed E-state index contributed by atoms with van der Waals surface area (Å²) in [6, 6.07) is 1.91. The molecule has 0 aliphatic heterocycles. The zero-order valence-corrected chi connectivity index (χ0v) is 6.55. The van der Waals surface area contributed by atoms with E-state index in [0.717, 1.165) is 5.69 Å². The summed E-state index contributed by atoms with van der Waals surface area (Å²) in [7, 11) is 0. The van der Waals surface area contributed by atoms with Crippen molar-refractivity contribution in [2.45, 2.75) is 26.2 Å². The first-order valence-electron chi connectivity index (χ1n) is 3.30. The molecule has 0 aromatic carbocycles. The molecule has 0 saturated heterocycles. The standard InChI is InChI=1S/C8H11N2/c1-8(2,3)7-4-5-9-6-10-7/h4-5H,1-3H3/q+1. The lowest BCUT2D eigenvalue weighted by molar-refractivity contribution is -0.319. The molecular weight excluding hydrogens is 124 g/mol. The number of hydrogen-bond donors (Lipinski definition) is 0. The molecule has 0 spiro atoms. The van der Waals surface area contributed by atoms with Crippen molar-refractivity contribution in [1.82, 2.24) is 4.98 Å². The van der Waals surface area contributed by atoms with Crippen LogP contribution in [0.5, 0.6) is 0 Å². The Morgan fingerprint density at radius 1 is 1.50 bits per heavy atom. The van der Waals surface area contributed by atoms with E-state index in [1.54, 1.807) is 6.20 Å². The number of rotatable bonds is 0. The van der Waals surface area contributed by atoms with E-state index in [-0.39, 0.29) is 5.41 Å². The highest BCUT2D eigenvalue weighted by molar-refractivity contribution is 5.02. The predicted molar refractivity (Wildman–Crippen MR) is 37.4 cm³/mol. The zero-order valence-electron chi connectivity index (χ0n) is 6.55. The van der Waals surface area contributed by atoms with Gasteiger partial charge in [0.05, 0.1) is 0 Å². The monoisotopic (exact) mass is 135 g/mol. The Morgan fingerprint density at radius 2 is 2.20 bits per heavy atom. The van der Waals surface area contributed by atoms with Crippen molar-refractivity contribution in [3.8, 4) is 0 Å². The Bertz CT molecular complexity index is 198. The second-order valence-electron chi connectivity index (χ2n) is 3.29. The number of aromatic nitrogens is 2. The molecule has 1 aromatic heterocycles. The molecule has 0 unspecified atom stereocenters. The molecule has 1 heterocycles. The van der Waals surface area contributed by atoms with E-state index in [1.165, 1.54) is 0 Å². The summed E-state index contributed by atoms with van der Waals surface area (Å²) < 4.78 is 0. The minimum Gasteiger partial charge on any atom is -0.157 e. The van der Waals surface area contributed by atoms with Crippen molar-refractivity contribution in [2.24, 2.45) is 0 Å². The molecule has 0 saturated carbocycles. The van der Waals surface area contributed by atoms with E-state index in [0.29, 0.717) is 0 Å². The summed E-state index contributed by atoms with van der Waals surface area (Å²) >= 11 is 0. The van der Waals surface area contributed by atoms with Gasteiger partial charge in [-0.15, -0.1) is 0 Å². The quantitative estimate of drug-likeness (QED) is 0.525. The van der Waals surface area contributed by atoms with Crippen molar-refractivity contribution < 1.29 is 4.98 Å². The van der Waals surface area contributed by atoms with E-state index < -0.39 is 0 Å². The van der Waals surface area contributed by atoms with Crippen molar-refractivity contribution in [1.29, 1.82) is 0 Å². The molecule has 1 aromatic rings. The van der Waals surface area contributed by atoms with Crippen LogP contribution in [0.3, 0.4) is 0 Å². The van der Waals surface area contributed by atoms with Crippen LogP contribution in [-0.4, -0.2) is 4.98 Å². The molecule has 0 aliphatic carbocycles. The zero-order chi connectivity index (χ0) is 7.61. The molecule has 2 heteroatoms. The third-order valence-corrected chi connectivity index (χ3v) is 1.30. The second-order valence-corrected chi connectivity index (χ2v) is 3.29. The second kappa shape index (κ2) is 2.26. The first-order chi connectivity index (χ1) is 4.61. The van der Waals surface area contributed by atoms with Gasteiger partial charge in [0.25, 0.3) is 0 Å². The van der Waals surface area contributed by atoms with Gasteiger partial charge in [0, 0.05) is 16.5 Å². The maximum Gasteiger partial charge on any atom is 0.429 e. The highest BCUT2D eigenvalue weighted by Crippen LogP contribution is 2.15. The van der Waals surface area contributed by atoms with Crippen LogP contribution in [0.1, 0.15) is 26.5 Å². The topological polar surface area (TPSA) is 27.0 Å². The minimum absolute atomic E-state index is 0.111. The lowest BCUT2D eigenvalue weighted by atomic mass is 9.92. The van der Waals surface area contributed by atoms with Gasteiger partial charge in [-0.3, -0.25) is 0 Å². The molecule has 52 valence electrons. The van der Waals surface area contributed by atoms with Crippen LogP contribution in [0.25, 0.3) is 0 Å². The average molecular weight is 135 g/mol. The normalized spacial score (nSPS) is 10.7. The summed E-state index contributed by atoms with van der Waals surface area (Å²) in [6.45, 7) is 6.34. The Hall–Kier alpha value is -1.10. The molecular formula is C8H11N2+. The SMILES string of the molecule is CC(C)(C)c1ccnc#[n+]1. The largest absolute Gasteiger partial charge is 0.429 e. The first-order valence-corrected chi connectivity index (χ1v) is 3.30. The summed E-state index contributed by atoms with van der Waals surface area (Å²) in [5.74, 6) is 0. The van der Waals surface area contributed by atoms with Gasteiger partial charge >= 0.3 is 6.33 Å². The molecule has 1 rings (SSSR count). The smallest absolute Gasteiger partial charge is 0.157 e. The van der Waals surface area contributed by atoms with Crippen molar-refractivity contribution in [3.05, 3.63) is 24.3 Å². The van der Waals surface area contributed by atoms with E-state index >= 15 is 0 Å². The first kappa shape index (κ1) is 7.01. The van der Waals surface area contributed by atoms with Gasteiger partial charge in [-0.2, -0.15) is 4.98 Å². The highest BCUT2D eigenvalue weighted by Gasteiger charge is 2.19. The van der Waals surface area contributed by atoms with Crippen LogP contribution in [0.15, 0.2) is 12.3 Å². The fraction of sp³-hybridized carbons (Fsp3) is 0.500. The van der Waals surface area contributed by atoms with Crippen LogP contribution in [0.4, 0.5) is 0 Å². The van der Waals surface area contributed by atoms with Crippen LogP contribution in [0.2, 0.25) is 0 Å². The third-order valence-electron chi connectivity index (χ3n) is 1.30. The molecule has 0 fully saturated rings. The molecule has 10 heavy (non-hydrogen) atoms. The Kier molecular flexibility index (Phi) is 1.58. The molecule has 0 aliphatic rings. The van der Waals surface area contributed by atoms with Crippen LogP contribution >= 0.6 is 0 Å². The van der Waals surface area contributed by atoms with Crippen molar-refractivity contribution in [2.75, 3.05) is 0 Å². The minimum atomic E-state index is 0.111. The molecule has 2 nitrogen and oxygen atoms in total. The number of hydrogen-bond acceptors (Lipinski definition) is 1. The van der Waals surface area contributed by atoms with Gasteiger partial charge in [-0.25, -0.2) is 0 Å². The van der Waals surface area contributed by atoms with E-state index in [4.69, 9.17) is 0 Å². The summed E-state index contributed by atoms with van der Waals surface area (Å²) in [6.07, 6.45) is 4.28. The van der Waals surface area contributed by atoms with Gasteiger partial charge in [-0.05, 0) is 0 Å². The molecule has 0 N–H and O–H groups in total. The van der Waals surface area contributed by atoms with E-state index in [9.17, 15) is 0 Å². The van der Waals surface area contributed by atoms with Crippen LogP contribution < -0.4 is 4.98 Å². The molecule has 0 amide bonds. The summed E-state index contributed by atoms with van der Waals surface area (Å²) in [4.78, 5) is 7.74. The maximum absolute atomic E-state index is 4.01. The van der Waals surface area contributed by atoms with Gasteiger partial charge in [-0.1, -0.05) is 20.8 Å². The fourth-order valence-corrected chi connectivity index (χ4v) is 0.679. The van der Waals surface area contributed by atoms with E-state index in [2.05, 4.69) is 37.1 Å². The Morgan fingerprint density at radius 3 is 2.50 bits per heavy atom. The Balaban J connectivity index is 2.97. The molecule has 0 radical (unpaired) electrons. The van der Waals surface area contributed by atoms with Gasteiger partial charge in [0.1, 0.15) is 0 Å². The number of nitrogens with zero attached hydrogens (tertiary/aromatic N) is 2. The fourth-order valence-electron chi connectivity index (χ4n) is 0.679. The lowest BCUT2D eigenvalue weighted by Gasteiger charge is -2.08. The van der Waals surface area contributed by atoms with Gasteiger partial charge in [0.15, 0.2) is 6.20 Å². The van der Waals surface area contributed by atoms with Gasteiger partial charge in [0.2, 0.25) is 5.69 Å². The van der Waals surface area contributed by atoms with Crippen molar-refractivity contribution in [3.63, 3.8) is 0 Å².